The maximum Gasteiger partial charge on any atom is 0.312 e. The topological polar surface area (TPSA) is 66.6 Å². The van der Waals surface area contributed by atoms with E-state index in [1.165, 1.54) is 6.07 Å². The Kier molecular flexibility index (Phi) is 4.89. The van der Waals surface area contributed by atoms with Crippen LogP contribution in [0, 0.1) is 10.1 Å². The number of aromatic hydroxyl groups is 1. The molecule has 0 saturated carbocycles. The summed E-state index contributed by atoms with van der Waals surface area (Å²) in [5.41, 5.74) is 0.354. The lowest BCUT2D eigenvalue weighted by atomic mass is 10.1. The van der Waals surface area contributed by atoms with E-state index >= 15 is 0 Å². The molecule has 0 atom stereocenters. The molecule has 0 heterocycles. The van der Waals surface area contributed by atoms with Gasteiger partial charge in [0.15, 0.2) is 5.75 Å². The molecule has 0 saturated heterocycles. The zero-order valence-electron chi connectivity index (χ0n) is 9.81. The quantitative estimate of drug-likeness (QED) is 0.670. The molecular formula is C11H15BrN2O3. The summed E-state index contributed by atoms with van der Waals surface area (Å²) >= 11 is 3.21. The van der Waals surface area contributed by atoms with Gasteiger partial charge in [0.25, 0.3) is 0 Å². The number of benzene rings is 1. The number of phenolic OH excluding ortho intramolecular Hbond substituents is 1. The lowest BCUT2D eigenvalue weighted by molar-refractivity contribution is -0.386. The van der Waals surface area contributed by atoms with E-state index in [0.717, 1.165) is 13.0 Å². The molecule has 0 aromatic heterocycles. The Balaban J connectivity index is 2.88. The van der Waals surface area contributed by atoms with E-state index in [2.05, 4.69) is 15.9 Å². The summed E-state index contributed by atoms with van der Waals surface area (Å²) in [7, 11) is 3.92. The van der Waals surface area contributed by atoms with Gasteiger partial charge >= 0.3 is 5.69 Å². The number of nitro benzene ring substituents is 1. The predicted octanol–water partition coefficient (Wildman–Crippen LogP) is 2.56. The van der Waals surface area contributed by atoms with Gasteiger partial charge in [0, 0.05) is 16.1 Å². The van der Waals surface area contributed by atoms with Gasteiger partial charge in [-0.05, 0) is 39.5 Å². The summed E-state index contributed by atoms with van der Waals surface area (Å²) in [5.74, 6) is -0.225. The van der Waals surface area contributed by atoms with E-state index in [-0.39, 0.29) is 11.4 Å². The normalized spacial score (nSPS) is 10.8. The highest BCUT2D eigenvalue weighted by Crippen LogP contribution is 2.33. The molecule has 0 aliphatic carbocycles. The van der Waals surface area contributed by atoms with Crippen molar-refractivity contribution in [1.82, 2.24) is 4.90 Å². The van der Waals surface area contributed by atoms with Gasteiger partial charge in [-0.3, -0.25) is 10.1 Å². The van der Waals surface area contributed by atoms with Crippen molar-refractivity contribution >= 4 is 21.6 Å². The molecular weight excluding hydrogens is 288 g/mol. The van der Waals surface area contributed by atoms with E-state index in [9.17, 15) is 15.2 Å². The van der Waals surface area contributed by atoms with Crippen LogP contribution in [0.25, 0.3) is 0 Å². The number of nitrogens with zero attached hydrogens (tertiary/aromatic N) is 2. The number of phenols is 1. The predicted molar refractivity (Wildman–Crippen MR) is 69.3 cm³/mol. The second kappa shape index (κ2) is 5.97. The van der Waals surface area contributed by atoms with E-state index < -0.39 is 4.92 Å². The van der Waals surface area contributed by atoms with Gasteiger partial charge in [0.2, 0.25) is 0 Å². The minimum absolute atomic E-state index is 0.225. The summed E-state index contributed by atoms with van der Waals surface area (Å²) in [6.07, 6.45) is 1.46. The number of halogens is 1. The summed E-state index contributed by atoms with van der Waals surface area (Å²) < 4.78 is 0.613. The first-order valence-electron chi connectivity index (χ1n) is 5.22. The first kappa shape index (κ1) is 13.9. The molecule has 0 radical (unpaired) electrons. The Morgan fingerprint density at radius 2 is 2.12 bits per heavy atom. The van der Waals surface area contributed by atoms with Crippen molar-refractivity contribution in [3.05, 3.63) is 32.3 Å². The van der Waals surface area contributed by atoms with Crippen LogP contribution in [0.4, 0.5) is 5.69 Å². The molecule has 0 aliphatic rings. The summed E-state index contributed by atoms with van der Waals surface area (Å²) in [4.78, 5) is 12.2. The smallest absolute Gasteiger partial charge is 0.312 e. The van der Waals surface area contributed by atoms with Crippen LogP contribution in [0.3, 0.4) is 0 Å². The molecule has 0 aliphatic heterocycles. The van der Waals surface area contributed by atoms with E-state index in [1.807, 2.05) is 19.0 Å². The Morgan fingerprint density at radius 3 is 2.65 bits per heavy atom. The van der Waals surface area contributed by atoms with Crippen LogP contribution in [0.1, 0.15) is 12.0 Å². The zero-order valence-corrected chi connectivity index (χ0v) is 11.4. The standard InChI is InChI=1S/C11H15BrN2O3/c1-13(2)5-3-4-8-6-9(12)7-10(11(8)15)14(16)17/h6-7,15H,3-5H2,1-2H3. The van der Waals surface area contributed by atoms with Crippen molar-refractivity contribution in [1.29, 1.82) is 0 Å². The molecule has 1 aromatic carbocycles. The fourth-order valence-corrected chi connectivity index (χ4v) is 2.05. The zero-order chi connectivity index (χ0) is 13.0. The second-order valence-corrected chi connectivity index (χ2v) is 5.01. The molecule has 17 heavy (non-hydrogen) atoms. The highest BCUT2D eigenvalue weighted by Gasteiger charge is 2.18. The Hall–Kier alpha value is -1.14. The molecule has 0 amide bonds. The summed E-state index contributed by atoms with van der Waals surface area (Å²) in [6.45, 7) is 0.875. The minimum Gasteiger partial charge on any atom is -0.502 e. The molecule has 5 nitrogen and oxygen atoms in total. The fourth-order valence-electron chi connectivity index (χ4n) is 1.56. The number of hydrogen-bond acceptors (Lipinski definition) is 4. The lowest BCUT2D eigenvalue weighted by Gasteiger charge is -2.10. The molecule has 1 rings (SSSR count). The maximum absolute atomic E-state index is 10.7. The van der Waals surface area contributed by atoms with Crippen molar-refractivity contribution < 1.29 is 10.0 Å². The van der Waals surface area contributed by atoms with Crippen molar-refractivity contribution in [3.63, 3.8) is 0 Å². The van der Waals surface area contributed by atoms with Crippen LogP contribution in [-0.2, 0) is 6.42 Å². The van der Waals surface area contributed by atoms with Gasteiger partial charge in [-0.1, -0.05) is 15.9 Å². The van der Waals surface area contributed by atoms with Crippen LogP contribution in [0.5, 0.6) is 5.75 Å². The second-order valence-electron chi connectivity index (χ2n) is 4.10. The van der Waals surface area contributed by atoms with Crippen LogP contribution in [-0.4, -0.2) is 35.6 Å². The van der Waals surface area contributed by atoms with Gasteiger partial charge in [0.1, 0.15) is 0 Å². The van der Waals surface area contributed by atoms with Gasteiger partial charge in [-0.15, -0.1) is 0 Å². The molecule has 0 unspecified atom stereocenters. The summed E-state index contributed by atoms with van der Waals surface area (Å²) in [6, 6.07) is 3.03. The lowest BCUT2D eigenvalue weighted by Crippen LogP contribution is -2.13. The summed E-state index contributed by atoms with van der Waals surface area (Å²) in [5, 5.41) is 20.5. The highest BCUT2D eigenvalue weighted by molar-refractivity contribution is 9.10. The third kappa shape index (κ3) is 3.98. The highest BCUT2D eigenvalue weighted by atomic mass is 79.9. The van der Waals surface area contributed by atoms with Crippen LogP contribution in [0.15, 0.2) is 16.6 Å². The molecule has 94 valence electrons. The van der Waals surface area contributed by atoms with Crippen molar-refractivity contribution in [2.75, 3.05) is 20.6 Å². The Bertz CT molecular complexity index is 421. The molecule has 6 heteroatoms. The number of hydrogen-bond donors (Lipinski definition) is 1. The molecule has 1 aromatic rings. The average molecular weight is 303 g/mol. The maximum atomic E-state index is 10.7. The minimum atomic E-state index is -0.574. The third-order valence-corrected chi connectivity index (χ3v) is 2.84. The van der Waals surface area contributed by atoms with Crippen LogP contribution < -0.4 is 0 Å². The van der Waals surface area contributed by atoms with E-state index in [4.69, 9.17) is 0 Å². The molecule has 1 N–H and O–H groups in total. The largest absolute Gasteiger partial charge is 0.502 e. The number of nitro groups is 1. The van der Waals surface area contributed by atoms with E-state index in [0.29, 0.717) is 16.5 Å². The average Bonchev–Trinajstić information content (AvgIpc) is 2.21. The van der Waals surface area contributed by atoms with Crippen LogP contribution in [0.2, 0.25) is 0 Å². The van der Waals surface area contributed by atoms with Crippen molar-refractivity contribution in [3.8, 4) is 5.75 Å². The third-order valence-electron chi connectivity index (χ3n) is 2.38. The monoisotopic (exact) mass is 302 g/mol. The number of rotatable bonds is 5. The molecule has 0 bridgehead atoms. The molecule has 0 spiro atoms. The molecule has 0 fully saturated rings. The van der Waals surface area contributed by atoms with E-state index in [1.54, 1.807) is 6.07 Å². The Labute approximate surface area is 108 Å². The van der Waals surface area contributed by atoms with Gasteiger partial charge < -0.3 is 10.0 Å². The van der Waals surface area contributed by atoms with Gasteiger partial charge in [-0.25, -0.2) is 0 Å². The first-order valence-corrected chi connectivity index (χ1v) is 6.01. The Morgan fingerprint density at radius 1 is 1.47 bits per heavy atom. The van der Waals surface area contributed by atoms with Crippen molar-refractivity contribution in [2.45, 2.75) is 12.8 Å². The fraction of sp³-hybridized carbons (Fsp3) is 0.455. The van der Waals surface area contributed by atoms with Crippen molar-refractivity contribution in [2.24, 2.45) is 0 Å². The number of aryl methyl sites for hydroxylation is 1. The first-order chi connectivity index (χ1) is 7.91. The van der Waals surface area contributed by atoms with Crippen LogP contribution >= 0.6 is 15.9 Å². The van der Waals surface area contributed by atoms with Gasteiger partial charge in [0.05, 0.1) is 4.92 Å². The van der Waals surface area contributed by atoms with Gasteiger partial charge in [-0.2, -0.15) is 0 Å². The SMILES string of the molecule is CN(C)CCCc1cc(Br)cc([N+](=O)[O-])c1O.